The minimum atomic E-state index is -3.57. The van der Waals surface area contributed by atoms with Crippen molar-refractivity contribution in [3.05, 3.63) is 42.0 Å². The maximum atomic E-state index is 10.6. The zero-order valence-electron chi connectivity index (χ0n) is 10.4. The number of aromatic nitrogens is 3. The molecule has 0 aromatic carbocycles. The molecule has 0 aliphatic heterocycles. The van der Waals surface area contributed by atoms with Gasteiger partial charge in [-0.25, -0.2) is 13.6 Å². The monoisotopic (exact) mass is 326 g/mol. The van der Waals surface area contributed by atoms with Crippen molar-refractivity contribution in [2.75, 3.05) is 0 Å². The predicted octanol–water partition coefficient (Wildman–Crippen LogP) is 1.60. The Morgan fingerprint density at radius 1 is 1.26 bits per heavy atom. The third-order valence-electron chi connectivity index (χ3n) is 2.05. The van der Waals surface area contributed by atoms with E-state index in [0.717, 1.165) is 5.69 Å². The highest BCUT2D eigenvalue weighted by Crippen LogP contribution is 2.00. The van der Waals surface area contributed by atoms with E-state index in [1.54, 1.807) is 0 Å². The number of nitrogens with zero attached hydrogens (tertiary/aromatic N) is 2. The van der Waals surface area contributed by atoms with Gasteiger partial charge in [0.2, 0.25) is 10.0 Å². The second-order valence-electron chi connectivity index (χ2n) is 3.39. The number of aryl methyl sites for hydroxylation is 2. The lowest BCUT2D eigenvalue weighted by atomic mass is 10.3. The van der Waals surface area contributed by atoms with E-state index < -0.39 is 10.0 Å². The van der Waals surface area contributed by atoms with Gasteiger partial charge in [-0.15, -0.1) is 24.8 Å². The molecule has 0 aliphatic carbocycles. The highest BCUT2D eigenvalue weighted by Gasteiger charge is 2.04. The molecular weight excluding hydrogens is 311 g/mol. The van der Waals surface area contributed by atoms with Gasteiger partial charge in [0.25, 0.3) is 0 Å². The Morgan fingerprint density at radius 3 is 2.11 bits per heavy atom. The summed E-state index contributed by atoms with van der Waals surface area (Å²) in [5.41, 5.74) is 2.31. The summed E-state index contributed by atoms with van der Waals surface area (Å²) in [6.45, 7) is 4.00. The fourth-order valence-corrected chi connectivity index (χ4v) is 1.41. The SMILES string of the molecule is Cc1c[nH]nc1C.Cl.Cl.NS(=O)(=O)c1cccnc1. The number of sulfonamides is 1. The predicted molar refractivity (Wildman–Crippen MR) is 78.2 cm³/mol. The Kier molecular flexibility index (Phi) is 9.41. The van der Waals surface area contributed by atoms with Crippen LogP contribution in [0.5, 0.6) is 0 Å². The fraction of sp³-hybridized carbons (Fsp3) is 0.200. The smallest absolute Gasteiger partial charge is 0.239 e. The van der Waals surface area contributed by atoms with Gasteiger partial charge >= 0.3 is 0 Å². The van der Waals surface area contributed by atoms with Crippen LogP contribution in [-0.4, -0.2) is 23.6 Å². The van der Waals surface area contributed by atoms with Crippen molar-refractivity contribution in [3.8, 4) is 0 Å². The van der Waals surface area contributed by atoms with E-state index in [-0.39, 0.29) is 29.7 Å². The van der Waals surface area contributed by atoms with Crippen molar-refractivity contribution >= 4 is 34.8 Å². The van der Waals surface area contributed by atoms with Crippen LogP contribution in [0.25, 0.3) is 0 Å². The van der Waals surface area contributed by atoms with E-state index in [2.05, 4.69) is 15.2 Å². The van der Waals surface area contributed by atoms with Crippen molar-refractivity contribution in [2.24, 2.45) is 5.14 Å². The first-order valence-corrected chi connectivity index (χ1v) is 6.35. The highest BCUT2D eigenvalue weighted by molar-refractivity contribution is 7.89. The molecule has 0 radical (unpaired) electrons. The van der Waals surface area contributed by atoms with Crippen LogP contribution in [0.2, 0.25) is 0 Å². The Morgan fingerprint density at radius 2 is 1.89 bits per heavy atom. The minimum absolute atomic E-state index is 0. The third-order valence-corrected chi connectivity index (χ3v) is 2.95. The van der Waals surface area contributed by atoms with Crippen LogP contribution in [0.15, 0.2) is 35.6 Å². The molecule has 0 unspecified atom stereocenters. The van der Waals surface area contributed by atoms with E-state index in [1.165, 1.54) is 30.1 Å². The van der Waals surface area contributed by atoms with Gasteiger partial charge in [-0.05, 0) is 31.5 Å². The first-order chi connectivity index (χ1) is 7.91. The van der Waals surface area contributed by atoms with Crippen LogP contribution in [0, 0.1) is 13.8 Å². The van der Waals surface area contributed by atoms with Gasteiger partial charge in [0.15, 0.2) is 0 Å². The molecular formula is C10H16Cl2N4O2S. The van der Waals surface area contributed by atoms with Crippen molar-refractivity contribution in [2.45, 2.75) is 18.7 Å². The van der Waals surface area contributed by atoms with Crippen LogP contribution in [-0.2, 0) is 10.0 Å². The summed E-state index contributed by atoms with van der Waals surface area (Å²) in [5.74, 6) is 0. The largest absolute Gasteiger partial charge is 0.285 e. The lowest BCUT2D eigenvalue weighted by Gasteiger charge is -1.92. The first kappa shape index (κ1) is 20.2. The Hall–Kier alpha value is -1.15. The average Bonchev–Trinajstić information content (AvgIpc) is 2.64. The van der Waals surface area contributed by atoms with E-state index in [4.69, 9.17) is 5.14 Å². The Balaban J connectivity index is 0. The molecule has 2 aromatic heterocycles. The number of H-pyrrole nitrogens is 1. The Bertz CT molecular complexity index is 556. The zero-order chi connectivity index (χ0) is 12.9. The number of hydrogen-bond donors (Lipinski definition) is 2. The average molecular weight is 327 g/mol. The molecule has 0 saturated carbocycles. The van der Waals surface area contributed by atoms with Crippen LogP contribution >= 0.6 is 24.8 Å². The fourth-order valence-electron chi connectivity index (χ4n) is 0.934. The molecule has 0 aliphatic rings. The molecule has 19 heavy (non-hydrogen) atoms. The van der Waals surface area contributed by atoms with E-state index in [0.29, 0.717) is 0 Å². The van der Waals surface area contributed by atoms with Gasteiger partial charge in [0.1, 0.15) is 4.90 Å². The van der Waals surface area contributed by atoms with Crippen LogP contribution in [0.1, 0.15) is 11.3 Å². The maximum absolute atomic E-state index is 10.6. The van der Waals surface area contributed by atoms with Gasteiger partial charge in [-0.3, -0.25) is 10.1 Å². The molecule has 2 heterocycles. The van der Waals surface area contributed by atoms with Crippen molar-refractivity contribution < 1.29 is 8.42 Å². The van der Waals surface area contributed by atoms with Gasteiger partial charge in [0, 0.05) is 18.6 Å². The molecule has 0 fully saturated rings. The molecule has 0 amide bonds. The van der Waals surface area contributed by atoms with Crippen molar-refractivity contribution in [3.63, 3.8) is 0 Å². The van der Waals surface area contributed by atoms with Gasteiger partial charge in [-0.2, -0.15) is 5.10 Å². The van der Waals surface area contributed by atoms with E-state index in [1.807, 2.05) is 20.0 Å². The van der Waals surface area contributed by atoms with Crippen LogP contribution < -0.4 is 5.14 Å². The number of hydrogen-bond acceptors (Lipinski definition) is 4. The standard InChI is InChI=1S/C5H6N2O2S.C5H8N2.2ClH/c6-10(8,9)5-2-1-3-7-4-5;1-4-3-6-7-5(4)2;;/h1-4H,(H2,6,8,9);3H,1-2H3,(H,6,7);2*1H. The topological polar surface area (TPSA) is 102 Å². The van der Waals surface area contributed by atoms with Crippen molar-refractivity contribution in [1.82, 2.24) is 15.2 Å². The maximum Gasteiger partial charge on any atom is 0.239 e. The Labute approximate surface area is 124 Å². The quantitative estimate of drug-likeness (QED) is 0.830. The number of nitrogens with two attached hydrogens (primary N) is 1. The number of aromatic amines is 1. The highest BCUT2D eigenvalue weighted by atomic mass is 35.5. The molecule has 108 valence electrons. The van der Waals surface area contributed by atoms with E-state index in [9.17, 15) is 8.42 Å². The number of primary sulfonamides is 1. The summed E-state index contributed by atoms with van der Waals surface area (Å²) < 4.78 is 21.1. The van der Waals surface area contributed by atoms with Gasteiger partial charge in [0.05, 0.1) is 5.69 Å². The van der Waals surface area contributed by atoms with Gasteiger partial charge in [-0.1, -0.05) is 0 Å². The lowest BCUT2D eigenvalue weighted by Crippen LogP contribution is -2.11. The molecule has 2 rings (SSSR count). The minimum Gasteiger partial charge on any atom is -0.285 e. The van der Waals surface area contributed by atoms with Crippen LogP contribution in [0.3, 0.4) is 0 Å². The lowest BCUT2D eigenvalue weighted by molar-refractivity contribution is 0.597. The summed E-state index contributed by atoms with van der Waals surface area (Å²) >= 11 is 0. The second-order valence-corrected chi connectivity index (χ2v) is 4.95. The molecule has 0 saturated heterocycles. The molecule has 3 N–H and O–H groups in total. The number of rotatable bonds is 1. The number of pyridine rings is 1. The third kappa shape index (κ3) is 7.12. The summed E-state index contributed by atoms with van der Waals surface area (Å²) in [6.07, 6.45) is 4.57. The number of halogens is 2. The molecule has 9 heteroatoms. The summed E-state index contributed by atoms with van der Waals surface area (Å²) in [4.78, 5) is 3.63. The zero-order valence-corrected chi connectivity index (χ0v) is 12.8. The van der Waals surface area contributed by atoms with Crippen molar-refractivity contribution in [1.29, 1.82) is 0 Å². The van der Waals surface area contributed by atoms with Gasteiger partial charge < -0.3 is 0 Å². The molecule has 0 atom stereocenters. The normalized spacial score (nSPS) is 9.42. The molecule has 6 nitrogen and oxygen atoms in total. The first-order valence-electron chi connectivity index (χ1n) is 4.81. The summed E-state index contributed by atoms with van der Waals surface area (Å²) in [5, 5.41) is 11.4. The molecule has 0 spiro atoms. The summed E-state index contributed by atoms with van der Waals surface area (Å²) in [7, 11) is -3.57. The number of nitrogens with one attached hydrogen (secondary N) is 1. The van der Waals surface area contributed by atoms with E-state index >= 15 is 0 Å². The summed E-state index contributed by atoms with van der Waals surface area (Å²) in [6, 6.07) is 2.90. The molecule has 0 bridgehead atoms. The second kappa shape index (κ2) is 8.87. The molecule has 2 aromatic rings. The van der Waals surface area contributed by atoms with Crippen LogP contribution in [0.4, 0.5) is 0 Å².